The lowest BCUT2D eigenvalue weighted by Crippen LogP contribution is -2.48. The van der Waals surface area contributed by atoms with Crippen LogP contribution >= 0.6 is 0 Å². The van der Waals surface area contributed by atoms with E-state index in [4.69, 9.17) is 36.4 Å². The van der Waals surface area contributed by atoms with Gasteiger partial charge in [0.2, 0.25) is 0 Å². The highest BCUT2D eigenvalue weighted by Gasteiger charge is 2.29. The fourth-order valence-corrected chi connectivity index (χ4v) is 13.8. The summed E-state index contributed by atoms with van der Waals surface area (Å²) < 4.78 is 15.8. The second-order valence-electron chi connectivity index (χ2n) is 31.7. The van der Waals surface area contributed by atoms with Crippen molar-refractivity contribution in [3.05, 3.63) is 200 Å². The van der Waals surface area contributed by atoms with Crippen molar-refractivity contribution in [2.45, 2.75) is 124 Å². The minimum absolute atomic E-state index is 0.0689. The maximum atomic E-state index is 11.9. The van der Waals surface area contributed by atoms with Crippen molar-refractivity contribution in [2.75, 3.05) is 160 Å². The Morgan fingerprint density at radius 3 is 1.31 bits per heavy atom. The molecule has 25 nitrogen and oxygen atoms in total. The van der Waals surface area contributed by atoms with Crippen LogP contribution in [0.15, 0.2) is 145 Å². The number of amides is 3. The minimum Gasteiger partial charge on any atom is -0.444 e. The molecule has 0 bridgehead atoms. The number of aldehydes is 1. The molecular formula is C84H112N16O9. The van der Waals surface area contributed by atoms with Crippen molar-refractivity contribution in [3.8, 4) is 0 Å². The summed E-state index contributed by atoms with van der Waals surface area (Å²) >= 11 is 0. The van der Waals surface area contributed by atoms with E-state index < -0.39 is 27.8 Å². The van der Waals surface area contributed by atoms with Crippen molar-refractivity contribution in [2.24, 2.45) is 4.99 Å². The van der Waals surface area contributed by atoms with Crippen LogP contribution in [0, 0.1) is 24.0 Å². The van der Waals surface area contributed by atoms with E-state index in [2.05, 4.69) is 155 Å². The number of fused-ring (bicyclic) bond motifs is 3. The normalized spacial score (nSPS) is 17.0. The first-order valence-electron chi connectivity index (χ1n) is 38.0. The minimum atomic E-state index is -0.498. The van der Waals surface area contributed by atoms with Gasteiger partial charge in [0.05, 0.1) is 39.8 Å². The number of nitrogens with two attached hydrogens (primary N) is 3. The molecule has 11 N–H and O–H groups in total. The summed E-state index contributed by atoms with van der Waals surface area (Å²) in [6, 6.07) is 48.0. The van der Waals surface area contributed by atoms with Crippen LogP contribution in [0.5, 0.6) is 0 Å². The van der Waals surface area contributed by atoms with Gasteiger partial charge in [-0.05, 0) is 201 Å². The number of hydrogen-bond donors (Lipinski definition) is 8. The summed E-state index contributed by atoms with van der Waals surface area (Å²) in [5, 5.41) is 26.5. The number of nitrogens with one attached hydrogen (secondary N) is 5. The van der Waals surface area contributed by atoms with Gasteiger partial charge in [0.15, 0.2) is 0 Å². The Bertz CT molecular complexity index is 4300. The molecule has 25 heteroatoms. The maximum absolute atomic E-state index is 11.9. The molecule has 6 aliphatic rings. The molecule has 2 atom stereocenters. The van der Waals surface area contributed by atoms with Gasteiger partial charge in [-0.1, -0.05) is 65.7 Å². The highest BCUT2D eigenvalue weighted by molar-refractivity contribution is 6.07. The third kappa shape index (κ3) is 24.2. The lowest BCUT2D eigenvalue weighted by Gasteiger charge is -2.36. The van der Waals surface area contributed by atoms with Gasteiger partial charge in [0.25, 0.3) is 5.69 Å². The molecule has 0 aromatic heterocycles. The molecule has 582 valence electrons. The SMILES string of the molecule is CC(C)(C)OC(=O)NCCN1CCN(c2ccc(N)c(N)c2)CC1.CC(C)(C)OC(=O)NCCN1CCN(c2ccc([N+](=O)[O-])c(N)c2)CC1.Cc1ccc(C2Cc3cc(C4=Nc5ccc(N6CCN(CCNC(=O)OC(C)(C)C)CC6)cc5C4)ccc3N2)cc1.Cc1ccc(C2Cc3cc(C=O)ccc3N2)cc1. The van der Waals surface area contributed by atoms with Crippen molar-refractivity contribution in [1.82, 2.24) is 30.7 Å². The fourth-order valence-electron chi connectivity index (χ4n) is 13.8. The number of nitro benzene ring substituents is 1. The van der Waals surface area contributed by atoms with Gasteiger partial charge >= 0.3 is 18.3 Å². The Labute approximate surface area is 642 Å². The second-order valence-corrected chi connectivity index (χ2v) is 31.7. The van der Waals surface area contributed by atoms with Crippen molar-refractivity contribution in [1.29, 1.82) is 0 Å². The highest BCUT2D eigenvalue weighted by atomic mass is 16.6. The van der Waals surface area contributed by atoms with E-state index in [9.17, 15) is 29.3 Å². The molecule has 7 aromatic carbocycles. The van der Waals surface area contributed by atoms with E-state index in [0.717, 1.165) is 158 Å². The fraction of sp³-hybridized carbons (Fsp3) is 0.440. The molecule has 0 radical (unpaired) electrons. The lowest BCUT2D eigenvalue weighted by molar-refractivity contribution is -0.383. The number of nitrogen functional groups attached to an aromatic ring is 3. The summed E-state index contributed by atoms with van der Waals surface area (Å²) in [6.07, 6.45) is 2.60. The molecule has 6 aliphatic heterocycles. The average Bonchev–Trinajstić information content (AvgIpc) is 1.64. The highest BCUT2D eigenvalue weighted by Crippen LogP contribution is 2.39. The summed E-state index contributed by atoms with van der Waals surface area (Å²) in [7, 11) is 0. The predicted octanol–water partition coefficient (Wildman–Crippen LogP) is 12.9. The molecule has 3 saturated heterocycles. The molecule has 0 spiro atoms. The summed E-state index contributed by atoms with van der Waals surface area (Å²) in [5.74, 6) is 0. The van der Waals surface area contributed by atoms with Gasteiger partial charge in [0.1, 0.15) is 28.8 Å². The molecule has 6 heterocycles. The number of piperazine rings is 3. The number of aliphatic imine (C=N–C) groups is 1. The van der Waals surface area contributed by atoms with Crippen LogP contribution in [-0.2, 0) is 33.5 Å². The van der Waals surface area contributed by atoms with Crippen LogP contribution in [0.2, 0.25) is 0 Å². The molecule has 13 rings (SSSR count). The van der Waals surface area contributed by atoms with E-state index in [1.54, 1.807) is 12.1 Å². The standard InChI is InChI=1S/C34H41N5O2.C17H27N5O4.C17H29N5O2.C16H15NO/c1-23-5-7-24(8-6-23)31-21-26-19-25(9-11-29(26)36-31)32-22-27-20-28(10-12-30(27)37-32)39-17-15-38(16-18-39)14-13-35-33(40)41-34(2,3)4;1-17(2,3)26-16(23)19-6-7-20-8-10-21(11-9-20)13-4-5-15(22(24)25)14(18)12-13;1-17(2,3)24-16(23)20-6-7-21-8-10-22(11-9-21)13-4-5-14(18)15(19)12-13;1-11-2-5-13(6-3-11)16-9-14-8-12(10-18)4-7-15(14)17-16/h5-12,19-20,31,36H,13-18,21-22H2,1-4H3,(H,35,40);4-5,12H,6-11,18H2,1-3H3,(H,19,23);4-5,12H,6-11,18-19H2,1-3H3,(H,20,23);2-8,10,16-17H,9H2,1H3. The van der Waals surface area contributed by atoms with E-state index in [0.29, 0.717) is 43.1 Å². The zero-order valence-electron chi connectivity index (χ0n) is 65.3. The summed E-state index contributed by atoms with van der Waals surface area (Å²) in [4.78, 5) is 75.2. The number of aryl methyl sites for hydroxylation is 2. The van der Waals surface area contributed by atoms with E-state index in [-0.39, 0.29) is 23.6 Å². The van der Waals surface area contributed by atoms with E-state index in [1.165, 1.54) is 61.9 Å². The number of hydrogen-bond acceptors (Lipinski definition) is 21. The molecule has 0 saturated carbocycles. The molecule has 109 heavy (non-hydrogen) atoms. The molecule has 0 aliphatic carbocycles. The number of benzene rings is 7. The predicted molar refractivity (Wildman–Crippen MR) is 439 cm³/mol. The van der Waals surface area contributed by atoms with E-state index in [1.807, 2.05) is 98.7 Å². The van der Waals surface area contributed by atoms with Gasteiger partial charge in [0, 0.05) is 164 Å². The van der Waals surface area contributed by atoms with Crippen molar-refractivity contribution >= 4 is 87.2 Å². The number of alkyl carbamates (subject to hydrolysis) is 3. The van der Waals surface area contributed by atoms with Crippen LogP contribution in [0.3, 0.4) is 0 Å². The Morgan fingerprint density at radius 1 is 0.495 bits per heavy atom. The topological polar surface area (TPSA) is 309 Å². The van der Waals surface area contributed by atoms with Crippen LogP contribution in [-0.4, -0.2) is 185 Å². The van der Waals surface area contributed by atoms with Crippen LogP contribution in [0.25, 0.3) is 0 Å². The second kappa shape index (κ2) is 36.5. The van der Waals surface area contributed by atoms with Gasteiger partial charge in [-0.3, -0.25) is 34.6 Å². The van der Waals surface area contributed by atoms with Crippen molar-refractivity contribution in [3.63, 3.8) is 0 Å². The number of nitrogens with zero attached hydrogens (tertiary/aromatic N) is 8. The van der Waals surface area contributed by atoms with Crippen LogP contribution < -0.4 is 58.5 Å². The average molecular weight is 1490 g/mol. The third-order valence-electron chi connectivity index (χ3n) is 19.6. The van der Waals surface area contributed by atoms with Crippen LogP contribution in [0.1, 0.15) is 129 Å². The molecule has 2 unspecified atom stereocenters. The van der Waals surface area contributed by atoms with Gasteiger partial charge in [-0.15, -0.1) is 0 Å². The number of rotatable bonds is 17. The first-order chi connectivity index (χ1) is 51.9. The Kier molecular flexibility index (Phi) is 27.1. The molecule has 3 amide bonds. The molecule has 7 aromatic rings. The van der Waals surface area contributed by atoms with E-state index >= 15 is 0 Å². The number of ether oxygens (including phenoxy) is 3. The summed E-state index contributed by atoms with van der Waals surface area (Å²) in [5.41, 5.74) is 36.3. The monoisotopic (exact) mass is 1490 g/mol. The third-order valence-corrected chi connectivity index (χ3v) is 19.6. The largest absolute Gasteiger partial charge is 0.444 e. The molecule has 3 fully saturated rings. The Hall–Kier alpha value is -10.6. The number of nitro groups is 1. The quantitative estimate of drug-likeness (QED) is 0.0138. The van der Waals surface area contributed by atoms with Gasteiger partial charge in [-0.2, -0.15) is 0 Å². The lowest BCUT2D eigenvalue weighted by atomic mass is 9.98. The Balaban J connectivity index is 0.000000163. The summed E-state index contributed by atoms with van der Waals surface area (Å²) in [6.45, 7) is 35.9. The van der Waals surface area contributed by atoms with Gasteiger partial charge < -0.3 is 72.7 Å². The molecular weight excluding hydrogens is 1380 g/mol. The van der Waals surface area contributed by atoms with Crippen LogP contribution in [0.4, 0.5) is 71.3 Å². The van der Waals surface area contributed by atoms with Gasteiger partial charge in [-0.25, -0.2) is 14.4 Å². The van der Waals surface area contributed by atoms with Crippen molar-refractivity contribution < 1.29 is 38.3 Å². The maximum Gasteiger partial charge on any atom is 0.407 e. The number of carbonyl (C=O) groups excluding carboxylic acids is 4. The zero-order valence-corrected chi connectivity index (χ0v) is 65.3. The Morgan fingerprint density at radius 2 is 0.899 bits per heavy atom. The zero-order chi connectivity index (χ0) is 78.2. The first-order valence-corrected chi connectivity index (χ1v) is 38.0. The first kappa shape index (κ1) is 80.9. The number of anilines is 8. The number of carbonyl (C=O) groups is 4. The smallest absolute Gasteiger partial charge is 0.407 e.